The highest BCUT2D eigenvalue weighted by atomic mass is 32.1. The van der Waals surface area contributed by atoms with Crippen LogP contribution in [0.15, 0.2) is 48.5 Å². The van der Waals surface area contributed by atoms with E-state index in [-0.39, 0.29) is 11.6 Å². The lowest BCUT2D eigenvalue weighted by molar-refractivity contribution is -0.384. The highest BCUT2D eigenvalue weighted by molar-refractivity contribution is 7.22. The number of benzene rings is 2. The predicted molar refractivity (Wildman–Crippen MR) is 128 cm³/mol. The number of carbonyl (C=O) groups excluding carboxylic acids is 1. The maximum Gasteiger partial charge on any atom is 0.270 e. The number of nitro benzene ring substituents is 1. The summed E-state index contributed by atoms with van der Waals surface area (Å²) in [5.74, 6) is 0.426. The third kappa shape index (κ3) is 5.49. The van der Waals surface area contributed by atoms with Gasteiger partial charge >= 0.3 is 0 Å². The summed E-state index contributed by atoms with van der Waals surface area (Å²) in [6, 6.07) is 11.9. The van der Waals surface area contributed by atoms with Crippen molar-refractivity contribution in [3.05, 3.63) is 64.2 Å². The Morgan fingerprint density at radius 2 is 1.94 bits per heavy atom. The van der Waals surface area contributed by atoms with Gasteiger partial charge < -0.3 is 9.64 Å². The number of carbonyl (C=O) groups is 1. The van der Waals surface area contributed by atoms with E-state index in [1.165, 1.54) is 29.5 Å². The summed E-state index contributed by atoms with van der Waals surface area (Å²) in [6.45, 7) is 7.12. The van der Waals surface area contributed by atoms with Crippen LogP contribution < -0.4 is 9.64 Å². The van der Waals surface area contributed by atoms with Gasteiger partial charge in [0.2, 0.25) is 0 Å². The second kappa shape index (κ2) is 10.8. The van der Waals surface area contributed by atoms with Crippen molar-refractivity contribution >= 4 is 44.4 Å². The molecule has 0 unspecified atom stereocenters. The van der Waals surface area contributed by atoms with Crippen LogP contribution >= 0.6 is 11.3 Å². The van der Waals surface area contributed by atoms with Gasteiger partial charge in [-0.2, -0.15) is 0 Å². The molecule has 3 rings (SSSR count). The normalized spacial score (nSPS) is 11.4. The van der Waals surface area contributed by atoms with Gasteiger partial charge in [-0.1, -0.05) is 43.4 Å². The summed E-state index contributed by atoms with van der Waals surface area (Å²) in [4.78, 5) is 32.3. The second-order valence-electron chi connectivity index (χ2n) is 7.01. The molecule has 2 aromatic carbocycles. The molecule has 1 aromatic heterocycles. The molecule has 9 heteroatoms. The lowest BCUT2D eigenvalue weighted by atomic mass is 10.2. The first-order valence-corrected chi connectivity index (χ1v) is 11.2. The SMILES string of the molecule is CCN(CC)CCN(C(=O)/C=C/c1cccc([N+](=O)[O-])c1)c1nc2c(OC)cccc2s1. The van der Waals surface area contributed by atoms with Crippen molar-refractivity contribution in [3.63, 3.8) is 0 Å². The molecule has 0 atom stereocenters. The first kappa shape index (κ1) is 23.4. The smallest absolute Gasteiger partial charge is 0.270 e. The zero-order chi connectivity index (χ0) is 23.1. The molecule has 3 aromatic rings. The number of hydrogen-bond acceptors (Lipinski definition) is 7. The summed E-state index contributed by atoms with van der Waals surface area (Å²) >= 11 is 1.43. The molecule has 0 aliphatic carbocycles. The number of likely N-dealkylation sites (N-methyl/N-ethyl adjacent to an activating group) is 1. The molecule has 168 valence electrons. The average Bonchev–Trinajstić information content (AvgIpc) is 3.24. The molecule has 1 heterocycles. The molecule has 0 bridgehead atoms. The highest BCUT2D eigenvalue weighted by Gasteiger charge is 2.20. The average molecular weight is 455 g/mol. The van der Waals surface area contributed by atoms with E-state index < -0.39 is 4.92 Å². The number of anilines is 1. The van der Waals surface area contributed by atoms with E-state index in [1.54, 1.807) is 30.2 Å². The van der Waals surface area contributed by atoms with Crippen molar-refractivity contribution in [2.24, 2.45) is 0 Å². The van der Waals surface area contributed by atoms with Crippen molar-refractivity contribution < 1.29 is 14.5 Å². The molecule has 0 spiro atoms. The fraction of sp³-hybridized carbons (Fsp3) is 0.304. The summed E-state index contributed by atoms with van der Waals surface area (Å²) < 4.78 is 6.35. The Labute approximate surface area is 190 Å². The Morgan fingerprint density at radius 3 is 2.62 bits per heavy atom. The van der Waals surface area contributed by atoms with Gasteiger partial charge in [-0.3, -0.25) is 19.8 Å². The van der Waals surface area contributed by atoms with Gasteiger partial charge in [0.25, 0.3) is 11.6 Å². The number of fused-ring (bicyclic) bond motifs is 1. The largest absolute Gasteiger partial charge is 0.494 e. The Morgan fingerprint density at radius 1 is 1.19 bits per heavy atom. The van der Waals surface area contributed by atoms with Crippen LogP contribution in [0.3, 0.4) is 0 Å². The monoisotopic (exact) mass is 454 g/mol. The number of nitrogens with zero attached hydrogens (tertiary/aromatic N) is 4. The number of hydrogen-bond donors (Lipinski definition) is 0. The first-order chi connectivity index (χ1) is 15.5. The quantitative estimate of drug-likeness (QED) is 0.253. The lowest BCUT2D eigenvalue weighted by Crippen LogP contribution is -2.38. The Kier molecular flexibility index (Phi) is 7.91. The van der Waals surface area contributed by atoms with Crippen molar-refractivity contribution in [2.75, 3.05) is 38.2 Å². The van der Waals surface area contributed by atoms with Crippen molar-refractivity contribution in [3.8, 4) is 5.75 Å². The minimum atomic E-state index is -0.454. The third-order valence-corrected chi connectivity index (χ3v) is 6.16. The minimum Gasteiger partial charge on any atom is -0.494 e. The highest BCUT2D eigenvalue weighted by Crippen LogP contribution is 2.34. The first-order valence-electron chi connectivity index (χ1n) is 10.4. The molecular formula is C23H26N4O4S. The van der Waals surface area contributed by atoms with Gasteiger partial charge in [0.15, 0.2) is 5.13 Å². The van der Waals surface area contributed by atoms with Gasteiger partial charge in [-0.15, -0.1) is 0 Å². The fourth-order valence-electron chi connectivity index (χ4n) is 3.27. The number of nitro groups is 1. The molecule has 0 aliphatic rings. The lowest BCUT2D eigenvalue weighted by Gasteiger charge is -2.23. The van der Waals surface area contributed by atoms with E-state index in [9.17, 15) is 14.9 Å². The molecule has 0 radical (unpaired) electrons. The Bertz CT molecular complexity index is 1120. The number of rotatable bonds is 10. The maximum absolute atomic E-state index is 13.2. The van der Waals surface area contributed by atoms with E-state index in [0.717, 1.165) is 23.3 Å². The molecule has 32 heavy (non-hydrogen) atoms. The molecule has 0 aliphatic heterocycles. The van der Waals surface area contributed by atoms with E-state index >= 15 is 0 Å². The number of para-hydroxylation sites is 1. The van der Waals surface area contributed by atoms with Gasteiger partial charge in [0.1, 0.15) is 11.3 Å². The summed E-state index contributed by atoms with van der Waals surface area (Å²) in [7, 11) is 1.60. The zero-order valence-electron chi connectivity index (χ0n) is 18.4. The van der Waals surface area contributed by atoms with Gasteiger partial charge in [0, 0.05) is 31.3 Å². The molecule has 0 saturated carbocycles. The van der Waals surface area contributed by atoms with Crippen molar-refractivity contribution in [1.29, 1.82) is 0 Å². The Hall–Kier alpha value is -3.30. The zero-order valence-corrected chi connectivity index (χ0v) is 19.2. The molecule has 1 amide bonds. The predicted octanol–water partition coefficient (Wildman–Crippen LogP) is 4.60. The van der Waals surface area contributed by atoms with Crippen LogP contribution in [0.1, 0.15) is 19.4 Å². The minimum absolute atomic E-state index is 0.0174. The standard InChI is InChI=1S/C23H26N4O4S/c1-4-25(5-2)14-15-26(23-24-22-19(31-3)10-7-11-20(22)32-23)21(28)13-12-17-8-6-9-18(16-17)27(29)30/h6-13,16H,4-5,14-15H2,1-3H3/b13-12+. The van der Waals surface area contributed by atoms with Crippen LogP contribution in [0, 0.1) is 10.1 Å². The number of amides is 1. The van der Waals surface area contributed by atoms with Gasteiger partial charge in [0.05, 0.1) is 16.7 Å². The molecular weight excluding hydrogens is 428 g/mol. The van der Waals surface area contributed by atoms with Crippen LogP contribution in [-0.4, -0.2) is 54.0 Å². The van der Waals surface area contributed by atoms with Gasteiger partial charge in [-0.25, -0.2) is 4.98 Å². The third-order valence-electron chi connectivity index (χ3n) is 5.12. The fourth-order valence-corrected chi connectivity index (χ4v) is 4.29. The number of ether oxygens (including phenoxy) is 1. The van der Waals surface area contributed by atoms with Crippen LogP contribution in [0.4, 0.5) is 10.8 Å². The Balaban J connectivity index is 1.91. The summed E-state index contributed by atoms with van der Waals surface area (Å²) in [6.07, 6.45) is 3.03. The van der Waals surface area contributed by atoms with Crippen LogP contribution in [0.2, 0.25) is 0 Å². The number of aromatic nitrogens is 1. The van der Waals surface area contributed by atoms with E-state index in [2.05, 4.69) is 23.7 Å². The maximum atomic E-state index is 13.2. The molecule has 0 N–H and O–H groups in total. The van der Waals surface area contributed by atoms with Crippen LogP contribution in [0.25, 0.3) is 16.3 Å². The van der Waals surface area contributed by atoms with Crippen LogP contribution in [-0.2, 0) is 4.79 Å². The summed E-state index contributed by atoms with van der Waals surface area (Å²) in [5.41, 5.74) is 1.29. The van der Waals surface area contributed by atoms with E-state index in [0.29, 0.717) is 29.5 Å². The number of thiazole rings is 1. The molecule has 0 fully saturated rings. The van der Waals surface area contributed by atoms with E-state index in [1.807, 2.05) is 18.2 Å². The van der Waals surface area contributed by atoms with E-state index in [4.69, 9.17) is 4.74 Å². The topological polar surface area (TPSA) is 88.8 Å². The van der Waals surface area contributed by atoms with Crippen molar-refractivity contribution in [2.45, 2.75) is 13.8 Å². The van der Waals surface area contributed by atoms with Crippen molar-refractivity contribution in [1.82, 2.24) is 9.88 Å². The number of methoxy groups -OCH3 is 1. The van der Waals surface area contributed by atoms with Crippen LogP contribution in [0.5, 0.6) is 5.75 Å². The summed E-state index contributed by atoms with van der Waals surface area (Å²) in [5, 5.41) is 11.6. The molecule has 8 nitrogen and oxygen atoms in total. The number of non-ortho nitro benzene ring substituents is 1. The van der Waals surface area contributed by atoms with Gasteiger partial charge in [-0.05, 0) is 36.9 Å². The molecule has 0 saturated heterocycles. The second-order valence-corrected chi connectivity index (χ2v) is 8.01.